The third-order valence-electron chi connectivity index (χ3n) is 7.88. The molecule has 1 heterocycles. The van der Waals surface area contributed by atoms with Gasteiger partial charge in [-0.05, 0) is 79.0 Å². The summed E-state index contributed by atoms with van der Waals surface area (Å²) >= 11 is 0. The molecular weight excluding hydrogens is 368 g/mol. The minimum Gasteiger partial charge on any atom is -0.342 e. The minimum atomic E-state index is -0.754. The quantitative estimate of drug-likeness (QED) is 0.551. The molecule has 1 aromatic carbocycles. The van der Waals surface area contributed by atoms with Gasteiger partial charge in [-0.15, -0.1) is 0 Å². The van der Waals surface area contributed by atoms with Gasteiger partial charge in [0, 0.05) is 19.5 Å². The van der Waals surface area contributed by atoms with Crippen molar-refractivity contribution < 1.29 is 13.6 Å². The highest BCUT2D eigenvalue weighted by Gasteiger charge is 2.36. The summed E-state index contributed by atoms with van der Waals surface area (Å²) < 4.78 is 27.6. The van der Waals surface area contributed by atoms with Gasteiger partial charge in [0.25, 0.3) is 0 Å². The van der Waals surface area contributed by atoms with Crippen molar-refractivity contribution in [3.63, 3.8) is 0 Å². The van der Waals surface area contributed by atoms with E-state index < -0.39 is 11.6 Å². The van der Waals surface area contributed by atoms with Gasteiger partial charge in [-0.25, -0.2) is 8.78 Å². The van der Waals surface area contributed by atoms with Crippen LogP contribution >= 0.6 is 0 Å². The summed E-state index contributed by atoms with van der Waals surface area (Å²) in [7, 11) is 0. The predicted molar refractivity (Wildman–Crippen MR) is 112 cm³/mol. The van der Waals surface area contributed by atoms with Crippen molar-refractivity contribution in [2.24, 2.45) is 17.8 Å². The topological polar surface area (TPSA) is 20.3 Å². The molecule has 1 saturated heterocycles. The van der Waals surface area contributed by atoms with E-state index in [0.717, 1.165) is 68.7 Å². The van der Waals surface area contributed by atoms with Crippen molar-refractivity contribution in [3.05, 3.63) is 34.9 Å². The molecule has 1 saturated carbocycles. The third-order valence-corrected chi connectivity index (χ3v) is 7.88. The summed E-state index contributed by atoms with van der Waals surface area (Å²) in [6.45, 7) is 4.01. The van der Waals surface area contributed by atoms with Crippen molar-refractivity contribution in [1.82, 2.24) is 4.90 Å². The highest BCUT2D eigenvalue weighted by atomic mass is 19.2. The first-order valence-electron chi connectivity index (χ1n) is 11.8. The minimum absolute atomic E-state index is 0.183. The van der Waals surface area contributed by atoms with Gasteiger partial charge < -0.3 is 4.90 Å². The lowest BCUT2D eigenvalue weighted by molar-refractivity contribution is -0.135. The van der Waals surface area contributed by atoms with Crippen LogP contribution in [0.2, 0.25) is 0 Å². The molecule has 1 aromatic rings. The number of hydrogen-bond donors (Lipinski definition) is 0. The van der Waals surface area contributed by atoms with E-state index in [4.69, 9.17) is 0 Å². The number of amides is 1. The molecule has 0 radical (unpaired) electrons. The molecule has 4 heteroatoms. The molecule has 4 rings (SSSR count). The van der Waals surface area contributed by atoms with E-state index in [1.807, 2.05) is 0 Å². The summed E-state index contributed by atoms with van der Waals surface area (Å²) in [6.07, 6.45) is 11.9. The number of rotatable bonds is 6. The zero-order chi connectivity index (χ0) is 20.4. The Balaban J connectivity index is 1.45. The van der Waals surface area contributed by atoms with Crippen LogP contribution in [0.25, 0.3) is 0 Å². The van der Waals surface area contributed by atoms with E-state index in [0.29, 0.717) is 12.3 Å². The molecule has 0 aromatic heterocycles. The SMILES string of the molecule is CCCCC(CC(=O)N1CCC2CCCCC2C1)C1CCc2cc(F)c(F)cc21. The number of unbranched alkanes of at least 4 members (excludes halogenated alkanes) is 1. The largest absolute Gasteiger partial charge is 0.342 e. The lowest BCUT2D eigenvalue weighted by Crippen LogP contribution is -2.45. The molecule has 3 aliphatic rings. The number of aryl methyl sites for hydroxylation is 1. The first-order chi connectivity index (χ1) is 14.1. The van der Waals surface area contributed by atoms with Crippen molar-refractivity contribution >= 4 is 5.91 Å². The summed E-state index contributed by atoms with van der Waals surface area (Å²) in [5, 5.41) is 0. The van der Waals surface area contributed by atoms with Crippen LogP contribution < -0.4 is 0 Å². The van der Waals surface area contributed by atoms with Gasteiger partial charge in [-0.2, -0.15) is 0 Å². The number of piperidine rings is 1. The molecule has 160 valence electrons. The maximum atomic E-state index is 13.9. The second-order valence-corrected chi connectivity index (χ2v) is 9.65. The standard InChI is InChI=1S/C25H35F2NO/c1-2-3-6-18(21-10-9-19-13-23(26)24(27)15-22(19)21)14-25(29)28-12-11-17-7-4-5-8-20(17)16-28/h13,15,17-18,20-21H,2-12,14,16H2,1H3. The average Bonchev–Trinajstić information content (AvgIpc) is 3.13. The molecular formula is C25H35F2NO. The number of benzene rings is 1. The Kier molecular flexibility index (Phi) is 6.56. The Bertz CT molecular complexity index is 734. The number of carbonyl (C=O) groups is 1. The maximum Gasteiger partial charge on any atom is 0.222 e. The lowest BCUT2D eigenvalue weighted by Gasteiger charge is -2.42. The molecule has 29 heavy (non-hydrogen) atoms. The Morgan fingerprint density at radius 3 is 2.66 bits per heavy atom. The lowest BCUT2D eigenvalue weighted by atomic mass is 9.75. The molecule has 4 atom stereocenters. The fraction of sp³-hybridized carbons (Fsp3) is 0.720. The molecule has 0 N–H and O–H groups in total. The average molecular weight is 404 g/mol. The first-order valence-corrected chi connectivity index (χ1v) is 11.8. The summed E-state index contributed by atoms with van der Waals surface area (Å²) in [5.41, 5.74) is 1.88. The third kappa shape index (κ3) is 4.51. The normalized spacial score (nSPS) is 27.4. The van der Waals surface area contributed by atoms with Gasteiger partial charge in [0.15, 0.2) is 11.6 Å². The summed E-state index contributed by atoms with van der Waals surface area (Å²) in [5.74, 6) is 0.714. The van der Waals surface area contributed by atoms with Gasteiger partial charge in [-0.3, -0.25) is 4.79 Å². The van der Waals surface area contributed by atoms with Crippen LogP contribution in [0.4, 0.5) is 8.78 Å². The molecule has 1 aliphatic heterocycles. The number of nitrogens with zero attached hydrogens (tertiary/aromatic N) is 1. The van der Waals surface area contributed by atoms with E-state index in [1.165, 1.54) is 37.8 Å². The Labute approximate surface area is 174 Å². The maximum absolute atomic E-state index is 13.9. The van der Waals surface area contributed by atoms with Crippen LogP contribution in [0, 0.1) is 29.4 Å². The van der Waals surface area contributed by atoms with Gasteiger partial charge >= 0.3 is 0 Å². The smallest absolute Gasteiger partial charge is 0.222 e. The van der Waals surface area contributed by atoms with Gasteiger partial charge in [0.2, 0.25) is 5.91 Å². The fourth-order valence-electron chi connectivity index (χ4n) is 6.21. The van der Waals surface area contributed by atoms with E-state index in [1.54, 1.807) is 0 Å². The highest BCUT2D eigenvalue weighted by molar-refractivity contribution is 5.76. The highest BCUT2D eigenvalue weighted by Crippen LogP contribution is 2.43. The number of halogens is 2. The van der Waals surface area contributed by atoms with E-state index in [2.05, 4.69) is 11.8 Å². The second-order valence-electron chi connectivity index (χ2n) is 9.65. The zero-order valence-corrected chi connectivity index (χ0v) is 17.8. The molecule has 0 spiro atoms. The molecule has 1 amide bonds. The van der Waals surface area contributed by atoms with Crippen LogP contribution in [0.1, 0.15) is 88.2 Å². The van der Waals surface area contributed by atoms with Crippen molar-refractivity contribution in [3.8, 4) is 0 Å². The Hall–Kier alpha value is -1.45. The van der Waals surface area contributed by atoms with Crippen LogP contribution in [-0.4, -0.2) is 23.9 Å². The molecule has 2 aliphatic carbocycles. The Morgan fingerprint density at radius 2 is 1.86 bits per heavy atom. The van der Waals surface area contributed by atoms with Crippen LogP contribution in [0.15, 0.2) is 12.1 Å². The number of hydrogen-bond acceptors (Lipinski definition) is 1. The van der Waals surface area contributed by atoms with Crippen molar-refractivity contribution in [2.45, 2.75) is 83.5 Å². The van der Waals surface area contributed by atoms with Crippen molar-refractivity contribution in [2.75, 3.05) is 13.1 Å². The predicted octanol–water partition coefficient (Wildman–Crippen LogP) is 6.23. The van der Waals surface area contributed by atoms with E-state index >= 15 is 0 Å². The van der Waals surface area contributed by atoms with E-state index in [-0.39, 0.29) is 17.7 Å². The summed E-state index contributed by atoms with van der Waals surface area (Å²) in [6, 6.07) is 2.77. The van der Waals surface area contributed by atoms with E-state index in [9.17, 15) is 13.6 Å². The second kappa shape index (κ2) is 9.14. The fourth-order valence-corrected chi connectivity index (χ4v) is 6.21. The van der Waals surface area contributed by atoms with Crippen LogP contribution in [0.3, 0.4) is 0 Å². The van der Waals surface area contributed by atoms with Crippen LogP contribution in [-0.2, 0) is 11.2 Å². The van der Waals surface area contributed by atoms with Gasteiger partial charge in [-0.1, -0.05) is 39.0 Å². The molecule has 2 nitrogen and oxygen atoms in total. The van der Waals surface area contributed by atoms with Crippen molar-refractivity contribution in [1.29, 1.82) is 0 Å². The van der Waals surface area contributed by atoms with Gasteiger partial charge in [0.05, 0.1) is 0 Å². The van der Waals surface area contributed by atoms with Crippen LogP contribution in [0.5, 0.6) is 0 Å². The van der Waals surface area contributed by atoms with Gasteiger partial charge in [0.1, 0.15) is 0 Å². The monoisotopic (exact) mass is 403 g/mol. The zero-order valence-electron chi connectivity index (χ0n) is 17.8. The number of fused-ring (bicyclic) bond motifs is 2. The number of carbonyl (C=O) groups excluding carboxylic acids is 1. The molecule has 0 bridgehead atoms. The Morgan fingerprint density at radius 1 is 1.10 bits per heavy atom. The summed E-state index contributed by atoms with van der Waals surface area (Å²) in [4.78, 5) is 15.3. The first kappa shape index (κ1) is 20.8. The molecule has 2 fully saturated rings. The molecule has 4 unspecified atom stereocenters. The number of likely N-dealkylation sites (tertiary alicyclic amines) is 1.